The zero-order valence-corrected chi connectivity index (χ0v) is 11.8. The maximum absolute atomic E-state index is 5.15. The zero-order valence-electron chi connectivity index (χ0n) is 10.2. The second-order valence-corrected chi connectivity index (χ2v) is 4.62. The largest absolute Gasteiger partial charge is 0.481 e. The lowest BCUT2D eigenvalue weighted by Gasteiger charge is -2.26. The minimum absolute atomic E-state index is 0.365. The summed E-state index contributed by atoms with van der Waals surface area (Å²) in [6.45, 7) is 7.08. The molecule has 0 saturated heterocycles. The van der Waals surface area contributed by atoms with E-state index >= 15 is 0 Å². The van der Waals surface area contributed by atoms with Crippen LogP contribution in [0.1, 0.15) is 19.5 Å². The van der Waals surface area contributed by atoms with Crippen LogP contribution >= 0.6 is 15.9 Å². The molecule has 0 fully saturated rings. The van der Waals surface area contributed by atoms with Crippen LogP contribution < -0.4 is 9.64 Å². The molecule has 0 amide bonds. The number of hydrogen-bond acceptors (Lipinski definition) is 4. The summed E-state index contributed by atoms with van der Waals surface area (Å²) in [5, 5.41) is 0.894. The first-order valence-electron chi connectivity index (χ1n) is 5.30. The highest BCUT2D eigenvalue weighted by Crippen LogP contribution is 2.17. The van der Waals surface area contributed by atoms with Crippen molar-refractivity contribution in [2.24, 2.45) is 0 Å². The molecule has 1 aromatic rings. The number of hydrogen-bond donors (Lipinski definition) is 0. The van der Waals surface area contributed by atoms with Crippen LogP contribution in [0, 0.1) is 6.92 Å². The molecule has 0 unspecified atom stereocenters. The van der Waals surface area contributed by atoms with Gasteiger partial charge in [0.1, 0.15) is 0 Å². The molecule has 0 aromatic carbocycles. The van der Waals surface area contributed by atoms with Crippen LogP contribution in [0.2, 0.25) is 0 Å². The Morgan fingerprint density at radius 3 is 2.62 bits per heavy atom. The van der Waals surface area contributed by atoms with E-state index in [0.29, 0.717) is 11.9 Å². The normalized spacial score (nSPS) is 10.6. The van der Waals surface area contributed by atoms with Gasteiger partial charge in [0, 0.05) is 29.7 Å². The molecule has 0 radical (unpaired) electrons. The topological polar surface area (TPSA) is 38.2 Å². The van der Waals surface area contributed by atoms with Gasteiger partial charge in [-0.15, -0.1) is 0 Å². The maximum atomic E-state index is 5.15. The predicted octanol–water partition coefficient (Wildman–Crippen LogP) is 2.40. The molecule has 1 heterocycles. The van der Waals surface area contributed by atoms with Crippen molar-refractivity contribution in [3.8, 4) is 5.88 Å². The third-order valence-electron chi connectivity index (χ3n) is 2.23. The van der Waals surface area contributed by atoms with Gasteiger partial charge in [-0.05, 0) is 20.8 Å². The van der Waals surface area contributed by atoms with Crippen molar-refractivity contribution in [2.45, 2.75) is 26.8 Å². The summed E-state index contributed by atoms with van der Waals surface area (Å²) in [6.07, 6.45) is 0. The van der Waals surface area contributed by atoms with Crippen molar-refractivity contribution < 1.29 is 4.74 Å². The minimum Gasteiger partial charge on any atom is -0.481 e. The van der Waals surface area contributed by atoms with E-state index < -0.39 is 0 Å². The zero-order chi connectivity index (χ0) is 12.1. The lowest BCUT2D eigenvalue weighted by molar-refractivity contribution is 0.396. The number of methoxy groups -OCH3 is 1. The third kappa shape index (κ3) is 3.33. The molecule has 0 atom stereocenters. The van der Waals surface area contributed by atoms with E-state index in [1.54, 1.807) is 7.11 Å². The Labute approximate surface area is 105 Å². The van der Waals surface area contributed by atoms with Gasteiger partial charge >= 0.3 is 0 Å². The fourth-order valence-electron chi connectivity index (χ4n) is 1.44. The Kier molecular flexibility index (Phi) is 4.99. The van der Waals surface area contributed by atoms with Crippen molar-refractivity contribution in [1.82, 2.24) is 9.97 Å². The van der Waals surface area contributed by atoms with Gasteiger partial charge in [0.25, 0.3) is 0 Å². The molecule has 0 bridgehead atoms. The van der Waals surface area contributed by atoms with Crippen LogP contribution in [-0.4, -0.2) is 35.0 Å². The van der Waals surface area contributed by atoms with Crippen molar-refractivity contribution in [1.29, 1.82) is 0 Å². The SMILES string of the molecule is COc1cc(C)nc(N(CCBr)C(C)C)n1. The highest BCUT2D eigenvalue weighted by atomic mass is 79.9. The lowest BCUT2D eigenvalue weighted by atomic mass is 10.3. The molecule has 0 aliphatic rings. The van der Waals surface area contributed by atoms with Crippen LogP contribution in [0.3, 0.4) is 0 Å². The second-order valence-electron chi connectivity index (χ2n) is 3.83. The molecule has 0 aliphatic heterocycles. The number of alkyl halides is 1. The summed E-state index contributed by atoms with van der Waals surface area (Å²) in [4.78, 5) is 10.9. The Morgan fingerprint density at radius 2 is 2.12 bits per heavy atom. The van der Waals surface area contributed by atoms with Gasteiger partial charge in [-0.25, -0.2) is 4.98 Å². The summed E-state index contributed by atoms with van der Waals surface area (Å²) < 4.78 is 5.15. The summed E-state index contributed by atoms with van der Waals surface area (Å²) in [5.41, 5.74) is 0.919. The molecular formula is C11H18BrN3O. The first-order valence-corrected chi connectivity index (χ1v) is 6.43. The Morgan fingerprint density at radius 1 is 1.44 bits per heavy atom. The number of halogens is 1. The van der Waals surface area contributed by atoms with E-state index in [0.717, 1.165) is 23.5 Å². The second kappa shape index (κ2) is 6.03. The van der Waals surface area contributed by atoms with E-state index in [2.05, 4.69) is 44.6 Å². The maximum Gasteiger partial charge on any atom is 0.229 e. The average molecular weight is 288 g/mol. The molecule has 90 valence electrons. The van der Waals surface area contributed by atoms with E-state index in [4.69, 9.17) is 4.74 Å². The van der Waals surface area contributed by atoms with E-state index in [9.17, 15) is 0 Å². The summed E-state index contributed by atoms with van der Waals surface area (Å²) in [6, 6.07) is 2.19. The average Bonchev–Trinajstić information content (AvgIpc) is 2.24. The predicted molar refractivity (Wildman–Crippen MR) is 69.6 cm³/mol. The van der Waals surface area contributed by atoms with Gasteiger partial charge in [-0.2, -0.15) is 4.98 Å². The van der Waals surface area contributed by atoms with Crippen LogP contribution in [0.5, 0.6) is 5.88 Å². The highest BCUT2D eigenvalue weighted by Gasteiger charge is 2.14. The van der Waals surface area contributed by atoms with Crippen LogP contribution in [0.25, 0.3) is 0 Å². The Bertz CT molecular complexity index is 344. The molecule has 0 spiro atoms. The minimum atomic E-state index is 0.365. The van der Waals surface area contributed by atoms with Crippen LogP contribution in [-0.2, 0) is 0 Å². The lowest BCUT2D eigenvalue weighted by Crippen LogP contribution is -2.34. The molecule has 4 nitrogen and oxygen atoms in total. The van der Waals surface area contributed by atoms with Gasteiger partial charge in [0.15, 0.2) is 0 Å². The number of anilines is 1. The first kappa shape index (κ1) is 13.2. The highest BCUT2D eigenvalue weighted by molar-refractivity contribution is 9.09. The van der Waals surface area contributed by atoms with E-state index in [1.165, 1.54) is 0 Å². The molecule has 5 heteroatoms. The molecule has 0 saturated carbocycles. The third-order valence-corrected chi connectivity index (χ3v) is 2.59. The molecule has 0 aliphatic carbocycles. The molecule has 0 N–H and O–H groups in total. The Balaban J connectivity index is 3.03. The number of ether oxygens (including phenoxy) is 1. The van der Waals surface area contributed by atoms with Crippen LogP contribution in [0.4, 0.5) is 5.95 Å². The molecule has 1 rings (SSSR count). The number of aryl methyl sites for hydroxylation is 1. The number of rotatable bonds is 5. The monoisotopic (exact) mass is 287 g/mol. The fraction of sp³-hybridized carbons (Fsp3) is 0.636. The number of aromatic nitrogens is 2. The van der Waals surface area contributed by atoms with Crippen LogP contribution in [0.15, 0.2) is 6.07 Å². The van der Waals surface area contributed by atoms with Crippen molar-refractivity contribution in [2.75, 3.05) is 23.9 Å². The number of nitrogens with zero attached hydrogens (tertiary/aromatic N) is 3. The quantitative estimate of drug-likeness (QED) is 0.780. The summed E-state index contributed by atoms with van der Waals surface area (Å²) in [5.74, 6) is 1.34. The first-order chi connectivity index (χ1) is 7.58. The fourth-order valence-corrected chi connectivity index (χ4v) is 1.82. The molecule has 16 heavy (non-hydrogen) atoms. The van der Waals surface area contributed by atoms with E-state index in [1.807, 2.05) is 13.0 Å². The van der Waals surface area contributed by atoms with Crippen molar-refractivity contribution in [3.05, 3.63) is 11.8 Å². The van der Waals surface area contributed by atoms with E-state index in [-0.39, 0.29) is 0 Å². The summed E-state index contributed by atoms with van der Waals surface area (Å²) >= 11 is 3.44. The van der Waals surface area contributed by atoms with Gasteiger partial charge in [-0.1, -0.05) is 15.9 Å². The standard InChI is InChI=1S/C11H18BrN3O/c1-8(2)15(6-5-12)11-13-9(3)7-10(14-11)16-4/h7-8H,5-6H2,1-4H3. The molecule has 1 aromatic heterocycles. The smallest absolute Gasteiger partial charge is 0.229 e. The van der Waals surface area contributed by atoms with Crippen molar-refractivity contribution >= 4 is 21.9 Å². The summed E-state index contributed by atoms with van der Waals surface area (Å²) in [7, 11) is 1.62. The van der Waals surface area contributed by atoms with Gasteiger partial charge < -0.3 is 9.64 Å². The van der Waals surface area contributed by atoms with Crippen molar-refractivity contribution in [3.63, 3.8) is 0 Å². The van der Waals surface area contributed by atoms with Gasteiger partial charge in [0.2, 0.25) is 11.8 Å². The molecular weight excluding hydrogens is 270 g/mol. The van der Waals surface area contributed by atoms with Gasteiger partial charge in [0.05, 0.1) is 7.11 Å². The van der Waals surface area contributed by atoms with Gasteiger partial charge in [-0.3, -0.25) is 0 Å². The Hall–Kier alpha value is -0.840.